The maximum Gasteiger partial charge on any atom is 0.138 e. The molecule has 1 rings (SSSR count). The molecule has 0 saturated carbocycles. The third-order valence-electron chi connectivity index (χ3n) is 3.07. The lowest BCUT2D eigenvalue weighted by atomic mass is 10.1. The van der Waals surface area contributed by atoms with Crippen molar-refractivity contribution in [3.63, 3.8) is 0 Å². The molecule has 5 heteroatoms. The second-order valence-electron chi connectivity index (χ2n) is 4.82. The van der Waals surface area contributed by atoms with E-state index in [0.29, 0.717) is 37.2 Å². The highest BCUT2D eigenvalue weighted by Crippen LogP contribution is 2.27. The molecule has 0 aliphatic rings. The zero-order valence-electron chi connectivity index (χ0n) is 13.2. The molecule has 0 aromatic heterocycles. The Kier molecular flexibility index (Phi) is 9.42. The minimum atomic E-state index is 0.286. The van der Waals surface area contributed by atoms with Gasteiger partial charge in [-0.15, -0.1) is 0 Å². The SMILES string of the molecule is CCCNC(C)c1ccc(OCCOCCOC)c(Cl)c1. The van der Waals surface area contributed by atoms with Crippen LogP contribution in [0.3, 0.4) is 0 Å². The van der Waals surface area contributed by atoms with Crippen molar-refractivity contribution in [2.24, 2.45) is 0 Å². The Hall–Kier alpha value is -0.810. The topological polar surface area (TPSA) is 39.7 Å². The van der Waals surface area contributed by atoms with Crippen molar-refractivity contribution in [3.05, 3.63) is 28.8 Å². The lowest BCUT2D eigenvalue weighted by Crippen LogP contribution is -2.19. The van der Waals surface area contributed by atoms with Gasteiger partial charge >= 0.3 is 0 Å². The Labute approximate surface area is 132 Å². The van der Waals surface area contributed by atoms with E-state index in [-0.39, 0.29) is 6.04 Å². The van der Waals surface area contributed by atoms with Gasteiger partial charge in [-0.1, -0.05) is 24.6 Å². The van der Waals surface area contributed by atoms with Gasteiger partial charge in [-0.2, -0.15) is 0 Å². The molecule has 0 bridgehead atoms. The first kappa shape index (κ1) is 18.2. The molecule has 1 unspecified atom stereocenters. The summed E-state index contributed by atoms with van der Waals surface area (Å²) in [5.74, 6) is 0.693. The van der Waals surface area contributed by atoms with E-state index in [1.807, 2.05) is 18.2 Å². The highest BCUT2D eigenvalue weighted by molar-refractivity contribution is 6.32. The Morgan fingerprint density at radius 3 is 2.62 bits per heavy atom. The van der Waals surface area contributed by atoms with E-state index in [1.54, 1.807) is 7.11 Å². The Morgan fingerprint density at radius 2 is 1.95 bits per heavy atom. The maximum atomic E-state index is 6.26. The fraction of sp³-hybridized carbons (Fsp3) is 0.625. The molecule has 1 atom stereocenters. The predicted molar refractivity (Wildman–Crippen MR) is 86.4 cm³/mol. The van der Waals surface area contributed by atoms with Crippen LogP contribution in [0.2, 0.25) is 5.02 Å². The van der Waals surface area contributed by atoms with Gasteiger partial charge in [-0.25, -0.2) is 0 Å². The number of hydrogen-bond donors (Lipinski definition) is 1. The molecule has 21 heavy (non-hydrogen) atoms. The van der Waals surface area contributed by atoms with Crippen LogP contribution in [0.1, 0.15) is 31.9 Å². The average molecular weight is 316 g/mol. The molecular formula is C16H26ClNO3. The van der Waals surface area contributed by atoms with Crippen LogP contribution in [0.4, 0.5) is 0 Å². The molecule has 0 heterocycles. The Bertz CT molecular complexity index is 401. The molecule has 0 saturated heterocycles. The van der Waals surface area contributed by atoms with E-state index < -0.39 is 0 Å². The zero-order valence-corrected chi connectivity index (χ0v) is 13.9. The van der Waals surface area contributed by atoms with Gasteiger partial charge in [0.15, 0.2) is 0 Å². The van der Waals surface area contributed by atoms with E-state index >= 15 is 0 Å². The summed E-state index contributed by atoms with van der Waals surface area (Å²) < 4.78 is 15.8. The first-order chi connectivity index (χ1) is 10.2. The Morgan fingerprint density at radius 1 is 1.19 bits per heavy atom. The molecule has 4 nitrogen and oxygen atoms in total. The summed E-state index contributed by atoms with van der Waals surface area (Å²) in [5.41, 5.74) is 1.16. The van der Waals surface area contributed by atoms with Gasteiger partial charge in [0.05, 0.1) is 24.8 Å². The molecule has 1 aromatic carbocycles. The second-order valence-corrected chi connectivity index (χ2v) is 5.23. The zero-order chi connectivity index (χ0) is 15.5. The third kappa shape index (κ3) is 7.14. The molecule has 0 spiro atoms. The van der Waals surface area contributed by atoms with Crippen LogP contribution >= 0.6 is 11.6 Å². The minimum Gasteiger partial charge on any atom is -0.490 e. The quantitative estimate of drug-likeness (QED) is 0.635. The van der Waals surface area contributed by atoms with Crippen molar-refractivity contribution in [1.29, 1.82) is 0 Å². The fourth-order valence-electron chi connectivity index (χ4n) is 1.84. The number of hydrogen-bond acceptors (Lipinski definition) is 4. The van der Waals surface area contributed by atoms with Crippen molar-refractivity contribution >= 4 is 11.6 Å². The van der Waals surface area contributed by atoms with Gasteiger partial charge in [-0.05, 0) is 37.6 Å². The normalized spacial score (nSPS) is 12.4. The largest absolute Gasteiger partial charge is 0.490 e. The molecule has 0 fully saturated rings. The number of ether oxygens (including phenoxy) is 3. The van der Waals surface area contributed by atoms with Crippen LogP contribution in [0.15, 0.2) is 18.2 Å². The van der Waals surface area contributed by atoms with Crippen molar-refractivity contribution in [1.82, 2.24) is 5.32 Å². The first-order valence-electron chi connectivity index (χ1n) is 7.41. The van der Waals surface area contributed by atoms with Gasteiger partial charge in [0.1, 0.15) is 12.4 Å². The van der Waals surface area contributed by atoms with Crippen LogP contribution in [0, 0.1) is 0 Å². The van der Waals surface area contributed by atoms with Gasteiger partial charge in [0, 0.05) is 13.2 Å². The average Bonchev–Trinajstić information content (AvgIpc) is 2.49. The van der Waals surface area contributed by atoms with Crippen molar-refractivity contribution in [3.8, 4) is 5.75 Å². The van der Waals surface area contributed by atoms with Crippen LogP contribution < -0.4 is 10.1 Å². The molecule has 1 aromatic rings. The predicted octanol–water partition coefficient (Wildman–Crippen LogP) is 3.44. The van der Waals surface area contributed by atoms with Gasteiger partial charge in [-0.3, -0.25) is 0 Å². The molecule has 0 aliphatic heterocycles. The molecule has 120 valence electrons. The maximum absolute atomic E-state index is 6.26. The van der Waals surface area contributed by atoms with E-state index in [9.17, 15) is 0 Å². The lowest BCUT2D eigenvalue weighted by molar-refractivity contribution is 0.0544. The first-order valence-corrected chi connectivity index (χ1v) is 7.79. The van der Waals surface area contributed by atoms with Crippen LogP contribution in [0.25, 0.3) is 0 Å². The van der Waals surface area contributed by atoms with Crippen LogP contribution in [0.5, 0.6) is 5.75 Å². The molecule has 0 aliphatic carbocycles. The van der Waals surface area contributed by atoms with Gasteiger partial charge in [0.2, 0.25) is 0 Å². The summed E-state index contributed by atoms with van der Waals surface area (Å²) in [6, 6.07) is 6.20. The smallest absolute Gasteiger partial charge is 0.138 e. The van der Waals surface area contributed by atoms with Crippen LogP contribution in [-0.2, 0) is 9.47 Å². The molecular weight excluding hydrogens is 290 g/mol. The minimum absolute atomic E-state index is 0.286. The highest BCUT2D eigenvalue weighted by atomic mass is 35.5. The molecule has 1 N–H and O–H groups in total. The number of rotatable bonds is 11. The summed E-state index contributed by atoms with van der Waals surface area (Å²) in [6.45, 7) is 7.45. The summed E-state index contributed by atoms with van der Waals surface area (Å²) in [5, 5.41) is 4.07. The van der Waals surface area contributed by atoms with Crippen molar-refractivity contribution < 1.29 is 14.2 Å². The number of methoxy groups -OCH3 is 1. The molecule has 0 radical (unpaired) electrons. The highest BCUT2D eigenvalue weighted by Gasteiger charge is 2.08. The molecule has 0 amide bonds. The number of nitrogens with one attached hydrogen (secondary N) is 1. The summed E-state index contributed by atoms with van der Waals surface area (Å²) in [4.78, 5) is 0. The Balaban J connectivity index is 2.39. The van der Waals surface area contributed by atoms with Crippen molar-refractivity contribution in [2.75, 3.05) is 40.1 Å². The van der Waals surface area contributed by atoms with E-state index in [1.165, 1.54) is 0 Å². The number of benzene rings is 1. The summed E-state index contributed by atoms with van der Waals surface area (Å²) >= 11 is 6.26. The van der Waals surface area contributed by atoms with Crippen LogP contribution in [-0.4, -0.2) is 40.1 Å². The second kappa shape index (κ2) is 10.9. The van der Waals surface area contributed by atoms with Crippen molar-refractivity contribution in [2.45, 2.75) is 26.3 Å². The lowest BCUT2D eigenvalue weighted by Gasteiger charge is -2.15. The van der Waals surface area contributed by atoms with E-state index in [4.69, 9.17) is 25.8 Å². The summed E-state index contributed by atoms with van der Waals surface area (Å²) in [6.07, 6.45) is 1.11. The van der Waals surface area contributed by atoms with E-state index in [0.717, 1.165) is 18.5 Å². The standard InChI is InChI=1S/C16H26ClNO3/c1-4-7-18-13(2)14-5-6-16(15(17)12-14)21-11-10-20-9-8-19-3/h5-6,12-13,18H,4,7-11H2,1-3H3. The summed E-state index contributed by atoms with van der Waals surface area (Å²) in [7, 11) is 1.65. The van der Waals surface area contributed by atoms with Gasteiger partial charge < -0.3 is 19.5 Å². The van der Waals surface area contributed by atoms with Gasteiger partial charge in [0.25, 0.3) is 0 Å². The third-order valence-corrected chi connectivity index (χ3v) is 3.37. The fourth-order valence-corrected chi connectivity index (χ4v) is 2.08. The number of halogens is 1. The van der Waals surface area contributed by atoms with E-state index in [2.05, 4.69) is 19.2 Å². The monoisotopic (exact) mass is 315 g/mol.